The summed E-state index contributed by atoms with van der Waals surface area (Å²) < 4.78 is 0. The summed E-state index contributed by atoms with van der Waals surface area (Å²) in [6.07, 6.45) is 4.65. The minimum Gasteiger partial charge on any atom is -0.348 e. The van der Waals surface area contributed by atoms with Crippen LogP contribution in [0.4, 0.5) is 0 Å². The second-order valence-electron chi connectivity index (χ2n) is 4.70. The zero-order valence-corrected chi connectivity index (χ0v) is 10.8. The maximum absolute atomic E-state index is 11.9. The second-order valence-corrected chi connectivity index (χ2v) is 4.70. The summed E-state index contributed by atoms with van der Waals surface area (Å²) in [6.45, 7) is 6.37. The molecule has 0 bridgehead atoms. The predicted octanol–water partition coefficient (Wildman–Crippen LogP) is -0.118. The zero-order valence-electron chi connectivity index (χ0n) is 10.8. The Balaban J connectivity index is 1.77. The number of aromatic nitrogens is 2. The van der Waals surface area contributed by atoms with Crippen molar-refractivity contribution in [2.75, 3.05) is 32.7 Å². The smallest absolute Gasteiger partial charge is 0.234 e. The molecule has 6 heteroatoms. The average molecular weight is 251 g/mol. The van der Waals surface area contributed by atoms with Gasteiger partial charge in [0.2, 0.25) is 5.91 Å². The van der Waals surface area contributed by atoms with Crippen molar-refractivity contribution in [3.8, 4) is 0 Å². The van der Waals surface area contributed by atoms with Crippen molar-refractivity contribution in [2.24, 2.45) is 0 Å². The van der Waals surface area contributed by atoms with E-state index in [2.05, 4.69) is 25.7 Å². The van der Waals surface area contributed by atoms with Crippen molar-refractivity contribution < 1.29 is 4.79 Å². The van der Waals surface area contributed by atoms with Crippen LogP contribution in [0.25, 0.3) is 0 Å². The molecule has 2 heterocycles. The molecular formula is C12H21N5O. The molecule has 1 unspecified atom stereocenters. The lowest BCUT2D eigenvalue weighted by Gasteiger charge is -2.20. The number of rotatable bonds is 4. The Morgan fingerprint density at radius 2 is 2.44 bits per heavy atom. The highest BCUT2D eigenvalue weighted by atomic mass is 16.2. The Bertz CT molecular complexity index is 357. The van der Waals surface area contributed by atoms with Gasteiger partial charge in [0.15, 0.2) is 0 Å². The summed E-state index contributed by atoms with van der Waals surface area (Å²) in [5.41, 5.74) is 1.00. The van der Waals surface area contributed by atoms with Gasteiger partial charge in [-0.15, -0.1) is 0 Å². The first kappa shape index (κ1) is 13.0. The Kier molecular flexibility index (Phi) is 4.72. The minimum atomic E-state index is 0.00125. The summed E-state index contributed by atoms with van der Waals surface area (Å²) >= 11 is 0. The van der Waals surface area contributed by atoms with Crippen LogP contribution in [-0.2, 0) is 4.79 Å². The van der Waals surface area contributed by atoms with Gasteiger partial charge in [-0.25, -0.2) is 0 Å². The van der Waals surface area contributed by atoms with E-state index in [1.807, 2.05) is 6.92 Å². The third kappa shape index (κ3) is 3.82. The molecule has 1 fully saturated rings. The van der Waals surface area contributed by atoms with Crippen LogP contribution in [0.2, 0.25) is 0 Å². The number of amides is 1. The SMILES string of the molecule is CC(NC(=O)CN1CCCNCC1)c1cn[nH]c1. The molecule has 1 aromatic rings. The largest absolute Gasteiger partial charge is 0.348 e. The summed E-state index contributed by atoms with van der Waals surface area (Å²) in [5.74, 6) is 0.0746. The van der Waals surface area contributed by atoms with Crippen molar-refractivity contribution in [1.29, 1.82) is 0 Å². The van der Waals surface area contributed by atoms with E-state index in [4.69, 9.17) is 0 Å². The normalized spacial score (nSPS) is 19.2. The summed E-state index contributed by atoms with van der Waals surface area (Å²) in [4.78, 5) is 14.1. The molecule has 1 aliphatic rings. The van der Waals surface area contributed by atoms with Crippen molar-refractivity contribution >= 4 is 5.91 Å². The topological polar surface area (TPSA) is 73.1 Å². The summed E-state index contributed by atoms with van der Waals surface area (Å²) in [6, 6.07) is 0.00125. The van der Waals surface area contributed by atoms with E-state index < -0.39 is 0 Å². The molecule has 0 radical (unpaired) electrons. The molecule has 0 aliphatic carbocycles. The van der Waals surface area contributed by atoms with E-state index in [-0.39, 0.29) is 11.9 Å². The summed E-state index contributed by atoms with van der Waals surface area (Å²) in [7, 11) is 0. The fraction of sp³-hybridized carbons (Fsp3) is 0.667. The summed E-state index contributed by atoms with van der Waals surface area (Å²) in [5, 5.41) is 13.0. The molecule has 1 aliphatic heterocycles. The van der Waals surface area contributed by atoms with E-state index in [0.717, 1.165) is 38.2 Å². The number of hydrogen-bond donors (Lipinski definition) is 3. The predicted molar refractivity (Wildman–Crippen MR) is 69.1 cm³/mol. The van der Waals surface area contributed by atoms with Crippen LogP contribution in [0.1, 0.15) is 24.9 Å². The number of aromatic amines is 1. The van der Waals surface area contributed by atoms with Gasteiger partial charge in [-0.05, 0) is 26.4 Å². The van der Waals surface area contributed by atoms with E-state index in [0.29, 0.717) is 6.54 Å². The molecule has 1 saturated heterocycles. The molecule has 3 N–H and O–H groups in total. The van der Waals surface area contributed by atoms with Gasteiger partial charge in [-0.1, -0.05) is 0 Å². The van der Waals surface area contributed by atoms with Gasteiger partial charge in [0.05, 0.1) is 18.8 Å². The molecule has 100 valence electrons. The van der Waals surface area contributed by atoms with Crippen molar-refractivity contribution in [2.45, 2.75) is 19.4 Å². The van der Waals surface area contributed by atoms with Crippen molar-refractivity contribution in [3.05, 3.63) is 18.0 Å². The molecular weight excluding hydrogens is 230 g/mol. The molecule has 2 rings (SSSR count). The maximum Gasteiger partial charge on any atom is 0.234 e. The van der Waals surface area contributed by atoms with Crippen LogP contribution >= 0.6 is 0 Å². The fourth-order valence-electron chi connectivity index (χ4n) is 2.13. The van der Waals surface area contributed by atoms with Crippen LogP contribution in [-0.4, -0.2) is 53.7 Å². The first-order valence-electron chi connectivity index (χ1n) is 6.47. The maximum atomic E-state index is 11.9. The molecule has 18 heavy (non-hydrogen) atoms. The molecule has 0 saturated carbocycles. The fourth-order valence-corrected chi connectivity index (χ4v) is 2.13. The van der Waals surface area contributed by atoms with Gasteiger partial charge in [0, 0.05) is 24.8 Å². The number of carbonyl (C=O) groups is 1. The van der Waals surface area contributed by atoms with E-state index in [9.17, 15) is 4.79 Å². The third-order valence-corrected chi connectivity index (χ3v) is 3.20. The molecule has 0 aromatic carbocycles. The number of hydrogen-bond acceptors (Lipinski definition) is 4. The monoisotopic (exact) mass is 251 g/mol. The van der Waals surface area contributed by atoms with Gasteiger partial charge in [0.25, 0.3) is 0 Å². The molecule has 1 atom stereocenters. The highest BCUT2D eigenvalue weighted by molar-refractivity contribution is 5.78. The first-order chi connectivity index (χ1) is 8.75. The highest BCUT2D eigenvalue weighted by Crippen LogP contribution is 2.08. The van der Waals surface area contributed by atoms with Crippen LogP contribution in [0, 0.1) is 0 Å². The number of nitrogens with zero attached hydrogens (tertiary/aromatic N) is 2. The van der Waals surface area contributed by atoms with Gasteiger partial charge < -0.3 is 10.6 Å². The number of carbonyl (C=O) groups excluding carboxylic acids is 1. The quantitative estimate of drug-likeness (QED) is 0.698. The number of H-pyrrole nitrogens is 1. The lowest BCUT2D eigenvalue weighted by atomic mass is 10.2. The molecule has 0 spiro atoms. The zero-order chi connectivity index (χ0) is 12.8. The van der Waals surface area contributed by atoms with Crippen LogP contribution in [0.3, 0.4) is 0 Å². The van der Waals surface area contributed by atoms with Crippen molar-refractivity contribution in [1.82, 2.24) is 25.7 Å². The van der Waals surface area contributed by atoms with Crippen LogP contribution < -0.4 is 10.6 Å². The van der Waals surface area contributed by atoms with Gasteiger partial charge >= 0.3 is 0 Å². The molecule has 1 aromatic heterocycles. The standard InChI is InChI=1S/C12H21N5O/c1-10(11-7-14-15-8-11)16-12(18)9-17-5-2-3-13-4-6-17/h7-8,10,13H,2-6,9H2,1H3,(H,14,15)(H,16,18). The minimum absolute atomic E-state index is 0.00125. The van der Waals surface area contributed by atoms with E-state index >= 15 is 0 Å². The lowest BCUT2D eigenvalue weighted by Crippen LogP contribution is -2.39. The molecule has 6 nitrogen and oxygen atoms in total. The van der Waals surface area contributed by atoms with Gasteiger partial charge in [-0.3, -0.25) is 14.8 Å². The van der Waals surface area contributed by atoms with E-state index in [1.165, 1.54) is 0 Å². The first-order valence-corrected chi connectivity index (χ1v) is 6.47. The highest BCUT2D eigenvalue weighted by Gasteiger charge is 2.15. The van der Waals surface area contributed by atoms with Gasteiger partial charge in [0.1, 0.15) is 0 Å². The Morgan fingerprint density at radius 1 is 1.56 bits per heavy atom. The second kappa shape index (κ2) is 6.51. The third-order valence-electron chi connectivity index (χ3n) is 3.20. The Hall–Kier alpha value is -1.40. The van der Waals surface area contributed by atoms with Gasteiger partial charge in [-0.2, -0.15) is 5.10 Å². The van der Waals surface area contributed by atoms with Crippen molar-refractivity contribution in [3.63, 3.8) is 0 Å². The Morgan fingerprint density at radius 3 is 3.22 bits per heavy atom. The average Bonchev–Trinajstić information content (AvgIpc) is 2.76. The van der Waals surface area contributed by atoms with Crippen LogP contribution in [0.5, 0.6) is 0 Å². The van der Waals surface area contributed by atoms with E-state index in [1.54, 1.807) is 12.4 Å². The Labute approximate surface area is 107 Å². The lowest BCUT2D eigenvalue weighted by molar-refractivity contribution is -0.122. The number of nitrogens with one attached hydrogen (secondary N) is 3. The molecule has 1 amide bonds. The van der Waals surface area contributed by atoms with Crippen LogP contribution in [0.15, 0.2) is 12.4 Å².